The molecule has 0 atom stereocenters. The van der Waals surface area contributed by atoms with Gasteiger partial charge in [-0.1, -0.05) is 6.07 Å². The highest BCUT2D eigenvalue weighted by Crippen LogP contribution is 2.31. The zero-order chi connectivity index (χ0) is 13.2. The van der Waals surface area contributed by atoms with Crippen LogP contribution in [0, 0.1) is 0 Å². The summed E-state index contributed by atoms with van der Waals surface area (Å²) in [5, 5.41) is 2.01. The number of thiophene rings is 1. The highest BCUT2D eigenvalue weighted by Gasteiger charge is 2.14. The molecule has 0 aliphatic carbocycles. The maximum Gasteiger partial charge on any atom is 0.242 e. The van der Waals surface area contributed by atoms with Crippen molar-refractivity contribution in [1.82, 2.24) is 15.0 Å². The van der Waals surface area contributed by atoms with E-state index >= 15 is 0 Å². The summed E-state index contributed by atoms with van der Waals surface area (Å²) in [6, 6.07) is 7.74. The van der Waals surface area contributed by atoms with Gasteiger partial charge in [0.15, 0.2) is 5.65 Å². The molecule has 3 rings (SSSR count). The molecule has 19 heavy (non-hydrogen) atoms. The molecule has 4 nitrogen and oxygen atoms in total. The molecular weight excluding hydrogens is 258 g/mol. The van der Waals surface area contributed by atoms with Gasteiger partial charge in [-0.2, -0.15) is 0 Å². The number of hydrogen-bond donors (Lipinski definition) is 0. The van der Waals surface area contributed by atoms with Gasteiger partial charge < -0.3 is 4.74 Å². The van der Waals surface area contributed by atoms with Crippen molar-refractivity contribution >= 4 is 22.5 Å². The Kier molecular flexibility index (Phi) is 3.13. The fraction of sp³-hybridized carbons (Fsp3) is 0.214. The molecule has 5 heteroatoms. The van der Waals surface area contributed by atoms with Crippen LogP contribution in [0.2, 0.25) is 0 Å². The first kappa shape index (κ1) is 12.0. The van der Waals surface area contributed by atoms with Crippen LogP contribution in [-0.4, -0.2) is 21.1 Å². The van der Waals surface area contributed by atoms with Crippen molar-refractivity contribution in [3.63, 3.8) is 0 Å². The molecule has 0 aromatic carbocycles. The zero-order valence-corrected chi connectivity index (χ0v) is 11.5. The largest absolute Gasteiger partial charge is 0.473 e. The van der Waals surface area contributed by atoms with E-state index in [1.807, 2.05) is 43.5 Å². The molecule has 0 saturated heterocycles. The minimum Gasteiger partial charge on any atom is -0.473 e. The van der Waals surface area contributed by atoms with Gasteiger partial charge in [-0.15, -0.1) is 11.3 Å². The molecule has 0 bridgehead atoms. The molecule has 96 valence electrons. The van der Waals surface area contributed by atoms with E-state index in [0.29, 0.717) is 11.5 Å². The number of pyridine rings is 1. The van der Waals surface area contributed by atoms with Crippen LogP contribution in [0.5, 0.6) is 5.88 Å². The average molecular weight is 271 g/mol. The first-order chi connectivity index (χ1) is 9.24. The van der Waals surface area contributed by atoms with Crippen molar-refractivity contribution in [3.05, 3.63) is 35.8 Å². The molecule has 0 radical (unpaired) electrons. The summed E-state index contributed by atoms with van der Waals surface area (Å²) >= 11 is 1.62. The normalized spacial score (nSPS) is 11.1. The van der Waals surface area contributed by atoms with Gasteiger partial charge in [0.1, 0.15) is 11.2 Å². The molecule has 3 heterocycles. The third-order valence-electron chi connectivity index (χ3n) is 2.51. The van der Waals surface area contributed by atoms with Crippen LogP contribution in [0.1, 0.15) is 13.8 Å². The number of hydrogen-bond acceptors (Lipinski definition) is 5. The van der Waals surface area contributed by atoms with Gasteiger partial charge in [0.2, 0.25) is 5.88 Å². The van der Waals surface area contributed by atoms with Crippen LogP contribution < -0.4 is 4.74 Å². The first-order valence-corrected chi connectivity index (χ1v) is 6.95. The third-order valence-corrected chi connectivity index (χ3v) is 3.39. The van der Waals surface area contributed by atoms with Gasteiger partial charge in [-0.05, 0) is 37.4 Å². The van der Waals surface area contributed by atoms with Crippen LogP contribution in [0.25, 0.3) is 21.7 Å². The second-order valence-electron chi connectivity index (χ2n) is 4.37. The summed E-state index contributed by atoms with van der Waals surface area (Å²) in [7, 11) is 0. The van der Waals surface area contributed by atoms with Crippen LogP contribution in [0.3, 0.4) is 0 Å². The van der Waals surface area contributed by atoms with Crippen LogP contribution >= 0.6 is 11.3 Å². The summed E-state index contributed by atoms with van der Waals surface area (Å²) in [6.07, 6.45) is 1.78. The molecule has 0 fully saturated rings. The lowest BCUT2D eigenvalue weighted by Gasteiger charge is -2.12. The molecule has 3 aromatic heterocycles. The molecule has 0 aliphatic rings. The lowest BCUT2D eigenvalue weighted by Crippen LogP contribution is -2.09. The lowest BCUT2D eigenvalue weighted by molar-refractivity contribution is 0.234. The molecular formula is C14H13N3OS. The lowest BCUT2D eigenvalue weighted by atomic mass is 10.3. The van der Waals surface area contributed by atoms with E-state index < -0.39 is 0 Å². The number of rotatable bonds is 3. The second kappa shape index (κ2) is 4.93. The van der Waals surface area contributed by atoms with Crippen molar-refractivity contribution in [1.29, 1.82) is 0 Å². The van der Waals surface area contributed by atoms with E-state index in [9.17, 15) is 0 Å². The maximum atomic E-state index is 5.78. The van der Waals surface area contributed by atoms with Gasteiger partial charge in [0.25, 0.3) is 0 Å². The quantitative estimate of drug-likeness (QED) is 0.731. The SMILES string of the molecule is CC(C)Oc1nc2cccnc2nc1-c1cccs1. The van der Waals surface area contributed by atoms with Crippen LogP contribution in [0.15, 0.2) is 35.8 Å². The Labute approximate surface area is 115 Å². The predicted molar refractivity (Wildman–Crippen MR) is 76.4 cm³/mol. The Morgan fingerprint density at radius 1 is 1.16 bits per heavy atom. The van der Waals surface area contributed by atoms with E-state index in [2.05, 4.69) is 15.0 Å². The Hall–Kier alpha value is -2.01. The molecule has 0 spiro atoms. The van der Waals surface area contributed by atoms with Crippen molar-refractivity contribution in [3.8, 4) is 16.5 Å². The fourth-order valence-electron chi connectivity index (χ4n) is 1.76. The van der Waals surface area contributed by atoms with Crippen molar-refractivity contribution in [2.24, 2.45) is 0 Å². The Morgan fingerprint density at radius 2 is 2.05 bits per heavy atom. The standard InChI is InChI=1S/C14H13N3OS/c1-9(2)18-14-12(11-6-4-8-19-11)17-13-10(16-14)5-3-7-15-13/h3-9H,1-2H3. The number of fused-ring (bicyclic) bond motifs is 1. The maximum absolute atomic E-state index is 5.78. The van der Waals surface area contributed by atoms with Crippen LogP contribution in [-0.2, 0) is 0 Å². The van der Waals surface area contributed by atoms with Crippen LogP contribution in [0.4, 0.5) is 0 Å². The summed E-state index contributed by atoms with van der Waals surface area (Å²) < 4.78 is 5.78. The van der Waals surface area contributed by atoms with Crippen molar-refractivity contribution in [2.45, 2.75) is 20.0 Å². The number of aromatic nitrogens is 3. The Bertz CT molecular complexity index is 695. The summed E-state index contributed by atoms with van der Waals surface area (Å²) in [5.74, 6) is 0.568. The topological polar surface area (TPSA) is 47.9 Å². The third kappa shape index (κ3) is 2.42. The smallest absolute Gasteiger partial charge is 0.242 e. The molecule has 0 aliphatic heterocycles. The molecule has 0 N–H and O–H groups in total. The van der Waals surface area contributed by atoms with E-state index in [1.165, 1.54) is 0 Å². The van der Waals surface area contributed by atoms with E-state index in [0.717, 1.165) is 16.1 Å². The second-order valence-corrected chi connectivity index (χ2v) is 5.32. The first-order valence-electron chi connectivity index (χ1n) is 6.07. The van der Waals surface area contributed by atoms with E-state index in [1.54, 1.807) is 17.5 Å². The van der Waals surface area contributed by atoms with Gasteiger partial charge in [-0.3, -0.25) is 0 Å². The molecule has 0 unspecified atom stereocenters. The summed E-state index contributed by atoms with van der Waals surface area (Å²) in [4.78, 5) is 14.4. The number of nitrogens with zero attached hydrogens (tertiary/aromatic N) is 3. The monoisotopic (exact) mass is 271 g/mol. The van der Waals surface area contributed by atoms with Crippen molar-refractivity contribution < 1.29 is 4.74 Å². The summed E-state index contributed by atoms with van der Waals surface area (Å²) in [6.45, 7) is 3.96. The van der Waals surface area contributed by atoms with Gasteiger partial charge >= 0.3 is 0 Å². The highest BCUT2D eigenvalue weighted by atomic mass is 32.1. The molecule has 0 amide bonds. The van der Waals surface area contributed by atoms with E-state index in [4.69, 9.17) is 4.74 Å². The summed E-state index contributed by atoms with van der Waals surface area (Å²) in [5.41, 5.74) is 2.15. The van der Waals surface area contributed by atoms with Gasteiger partial charge in [0.05, 0.1) is 11.0 Å². The molecule has 3 aromatic rings. The van der Waals surface area contributed by atoms with Crippen molar-refractivity contribution in [2.75, 3.05) is 0 Å². The zero-order valence-electron chi connectivity index (χ0n) is 10.7. The van der Waals surface area contributed by atoms with E-state index in [-0.39, 0.29) is 6.10 Å². The number of ether oxygens (including phenoxy) is 1. The molecule has 0 saturated carbocycles. The fourth-order valence-corrected chi connectivity index (χ4v) is 2.46. The minimum absolute atomic E-state index is 0.0575. The Balaban J connectivity index is 2.21. The van der Waals surface area contributed by atoms with Gasteiger partial charge in [-0.25, -0.2) is 15.0 Å². The predicted octanol–water partition coefficient (Wildman–Crippen LogP) is 3.54. The average Bonchev–Trinajstić information content (AvgIpc) is 2.91. The minimum atomic E-state index is 0.0575. The Morgan fingerprint density at radius 3 is 2.79 bits per heavy atom. The van der Waals surface area contributed by atoms with Gasteiger partial charge in [0, 0.05) is 6.20 Å². The highest BCUT2D eigenvalue weighted by molar-refractivity contribution is 7.13.